The van der Waals surface area contributed by atoms with Gasteiger partial charge in [-0.15, -0.1) is 0 Å². The Kier molecular flexibility index (Phi) is 3.40. The quantitative estimate of drug-likeness (QED) is 0.334. The molecule has 1 aromatic heterocycles. The van der Waals surface area contributed by atoms with Crippen LogP contribution in [-0.2, 0) is 4.79 Å². The Balaban J connectivity index is 2.92. The van der Waals surface area contributed by atoms with E-state index in [2.05, 4.69) is 5.10 Å². The Morgan fingerprint density at radius 1 is 1.67 bits per heavy atom. The summed E-state index contributed by atoms with van der Waals surface area (Å²) in [5.74, 6) is 4.08. The molecule has 7 heteroatoms. The topological polar surface area (TPSA) is 116 Å². The van der Waals surface area contributed by atoms with Crippen LogP contribution in [0.2, 0.25) is 0 Å². The lowest BCUT2D eigenvalue weighted by Gasteiger charge is -2.12. The number of hydrogen-bond donors (Lipinski definition) is 3. The maximum absolute atomic E-state index is 11.3. The number of aromatic nitrogens is 2. The first kappa shape index (κ1) is 11.2. The molecule has 2 amide bonds. The summed E-state index contributed by atoms with van der Waals surface area (Å²) in [5, 5.41) is 3.88. The van der Waals surface area contributed by atoms with Gasteiger partial charge in [-0.05, 0) is 6.42 Å². The van der Waals surface area contributed by atoms with Crippen molar-refractivity contribution in [2.24, 2.45) is 11.6 Å². The zero-order valence-electron chi connectivity index (χ0n) is 8.30. The first-order valence-electron chi connectivity index (χ1n) is 4.44. The highest BCUT2D eigenvalue weighted by atomic mass is 16.2. The van der Waals surface area contributed by atoms with Crippen molar-refractivity contribution in [1.29, 1.82) is 0 Å². The molecule has 0 saturated heterocycles. The molecule has 1 atom stereocenters. The summed E-state index contributed by atoms with van der Waals surface area (Å²) >= 11 is 0. The lowest BCUT2D eigenvalue weighted by atomic mass is 10.2. The van der Waals surface area contributed by atoms with Crippen LogP contribution >= 0.6 is 0 Å². The number of nitrogens with one attached hydrogen (secondary N) is 1. The van der Waals surface area contributed by atoms with Crippen LogP contribution in [0.5, 0.6) is 0 Å². The van der Waals surface area contributed by atoms with Gasteiger partial charge in [0, 0.05) is 6.20 Å². The minimum atomic E-state index is -0.579. The largest absolute Gasteiger partial charge is 0.366 e. The molecular weight excluding hydrogens is 198 g/mol. The molecule has 0 aromatic carbocycles. The van der Waals surface area contributed by atoms with Gasteiger partial charge in [0.25, 0.3) is 11.8 Å². The van der Waals surface area contributed by atoms with Crippen molar-refractivity contribution in [1.82, 2.24) is 15.2 Å². The molecule has 0 aliphatic heterocycles. The third-order valence-corrected chi connectivity index (χ3v) is 2.04. The average Bonchev–Trinajstić information content (AvgIpc) is 2.68. The molecule has 1 unspecified atom stereocenters. The monoisotopic (exact) mass is 211 g/mol. The Morgan fingerprint density at radius 2 is 2.33 bits per heavy atom. The van der Waals surface area contributed by atoms with Gasteiger partial charge in [-0.25, -0.2) is 5.84 Å². The highest BCUT2D eigenvalue weighted by molar-refractivity contribution is 5.92. The van der Waals surface area contributed by atoms with E-state index in [1.165, 1.54) is 17.1 Å². The predicted octanol–water partition coefficient (Wildman–Crippen LogP) is -1.08. The summed E-state index contributed by atoms with van der Waals surface area (Å²) in [5.41, 5.74) is 7.36. The van der Waals surface area contributed by atoms with E-state index in [4.69, 9.17) is 11.6 Å². The normalized spacial score (nSPS) is 12.1. The minimum Gasteiger partial charge on any atom is -0.366 e. The SMILES string of the molecule is CCC(C(=O)NN)n1cc(C(N)=O)cn1. The van der Waals surface area contributed by atoms with Crippen molar-refractivity contribution in [3.63, 3.8) is 0 Å². The van der Waals surface area contributed by atoms with E-state index in [-0.39, 0.29) is 11.5 Å². The average molecular weight is 211 g/mol. The number of nitrogens with two attached hydrogens (primary N) is 2. The molecule has 7 nitrogen and oxygen atoms in total. The van der Waals surface area contributed by atoms with E-state index in [1.54, 1.807) is 0 Å². The summed E-state index contributed by atoms with van der Waals surface area (Å²) in [6.07, 6.45) is 3.25. The van der Waals surface area contributed by atoms with Crippen LogP contribution in [0.15, 0.2) is 12.4 Å². The van der Waals surface area contributed by atoms with Crippen molar-refractivity contribution in [3.05, 3.63) is 18.0 Å². The van der Waals surface area contributed by atoms with Gasteiger partial charge >= 0.3 is 0 Å². The molecule has 15 heavy (non-hydrogen) atoms. The molecule has 0 fully saturated rings. The second-order valence-electron chi connectivity index (χ2n) is 3.01. The summed E-state index contributed by atoms with van der Waals surface area (Å²) in [6.45, 7) is 1.81. The fourth-order valence-corrected chi connectivity index (χ4v) is 1.22. The molecule has 0 aliphatic carbocycles. The second kappa shape index (κ2) is 4.56. The number of nitrogens with zero attached hydrogens (tertiary/aromatic N) is 2. The van der Waals surface area contributed by atoms with E-state index < -0.39 is 11.9 Å². The number of carbonyl (C=O) groups excluding carboxylic acids is 2. The zero-order chi connectivity index (χ0) is 11.4. The number of amides is 2. The van der Waals surface area contributed by atoms with Crippen LogP contribution in [0, 0.1) is 0 Å². The minimum absolute atomic E-state index is 0.262. The first-order valence-corrected chi connectivity index (χ1v) is 4.44. The molecule has 0 spiro atoms. The standard InChI is InChI=1S/C8H13N5O2/c1-2-6(8(15)12-10)13-4-5(3-11-13)7(9)14/h3-4,6H,2,10H2,1H3,(H2,9,14)(H,12,15). The summed E-state index contributed by atoms with van der Waals surface area (Å²) in [7, 11) is 0. The zero-order valence-corrected chi connectivity index (χ0v) is 8.30. The molecule has 1 aromatic rings. The van der Waals surface area contributed by atoms with Gasteiger partial charge in [0.05, 0.1) is 11.8 Å². The molecule has 1 rings (SSSR count). The second-order valence-corrected chi connectivity index (χ2v) is 3.01. The Morgan fingerprint density at radius 3 is 2.73 bits per heavy atom. The molecule has 5 N–H and O–H groups in total. The molecule has 1 heterocycles. The van der Waals surface area contributed by atoms with E-state index in [1.807, 2.05) is 12.3 Å². The summed E-state index contributed by atoms with van der Waals surface area (Å²) < 4.78 is 1.36. The van der Waals surface area contributed by atoms with Crippen LogP contribution in [0.25, 0.3) is 0 Å². The van der Waals surface area contributed by atoms with Crippen LogP contribution in [0.3, 0.4) is 0 Å². The molecule has 0 radical (unpaired) electrons. The van der Waals surface area contributed by atoms with Gasteiger partial charge in [-0.3, -0.25) is 19.7 Å². The van der Waals surface area contributed by atoms with Crippen molar-refractivity contribution in [2.75, 3.05) is 0 Å². The van der Waals surface area contributed by atoms with Crippen molar-refractivity contribution in [2.45, 2.75) is 19.4 Å². The molecule has 0 aliphatic rings. The lowest BCUT2D eigenvalue weighted by Crippen LogP contribution is -2.37. The van der Waals surface area contributed by atoms with Crippen LogP contribution in [0.4, 0.5) is 0 Å². The Bertz CT molecular complexity index is 373. The van der Waals surface area contributed by atoms with Crippen LogP contribution in [-0.4, -0.2) is 21.6 Å². The first-order chi connectivity index (χ1) is 7.10. The highest BCUT2D eigenvalue weighted by Gasteiger charge is 2.18. The van der Waals surface area contributed by atoms with Gasteiger partial charge in [0.1, 0.15) is 6.04 Å². The van der Waals surface area contributed by atoms with Gasteiger partial charge < -0.3 is 5.73 Å². The van der Waals surface area contributed by atoms with Gasteiger partial charge in [0.15, 0.2) is 0 Å². The lowest BCUT2D eigenvalue weighted by molar-refractivity contribution is -0.124. The van der Waals surface area contributed by atoms with Gasteiger partial charge in [-0.2, -0.15) is 5.10 Å². The maximum Gasteiger partial charge on any atom is 0.258 e. The molecule has 0 bridgehead atoms. The van der Waals surface area contributed by atoms with Crippen molar-refractivity contribution < 1.29 is 9.59 Å². The van der Waals surface area contributed by atoms with Gasteiger partial charge in [0.2, 0.25) is 0 Å². The number of primary amides is 1. The fraction of sp³-hybridized carbons (Fsp3) is 0.375. The predicted molar refractivity (Wildman–Crippen MR) is 52.4 cm³/mol. The number of rotatable bonds is 4. The van der Waals surface area contributed by atoms with E-state index in [0.717, 1.165) is 0 Å². The molecule has 82 valence electrons. The number of carbonyl (C=O) groups is 2. The maximum atomic E-state index is 11.3. The summed E-state index contributed by atoms with van der Waals surface area (Å²) in [6, 6.07) is -0.525. The third-order valence-electron chi connectivity index (χ3n) is 2.04. The third kappa shape index (κ3) is 2.32. The Labute approximate surface area is 86.4 Å². The number of hydrogen-bond acceptors (Lipinski definition) is 4. The van der Waals surface area contributed by atoms with Gasteiger partial charge in [-0.1, -0.05) is 6.92 Å². The smallest absolute Gasteiger partial charge is 0.258 e. The van der Waals surface area contributed by atoms with Crippen molar-refractivity contribution >= 4 is 11.8 Å². The van der Waals surface area contributed by atoms with E-state index in [0.29, 0.717) is 6.42 Å². The molecule has 0 saturated carbocycles. The van der Waals surface area contributed by atoms with E-state index >= 15 is 0 Å². The van der Waals surface area contributed by atoms with Crippen LogP contribution in [0.1, 0.15) is 29.7 Å². The summed E-state index contributed by atoms with van der Waals surface area (Å²) in [4.78, 5) is 22.1. The van der Waals surface area contributed by atoms with Crippen LogP contribution < -0.4 is 17.0 Å². The number of hydrazine groups is 1. The highest BCUT2D eigenvalue weighted by Crippen LogP contribution is 2.10. The van der Waals surface area contributed by atoms with E-state index in [9.17, 15) is 9.59 Å². The Hall–Kier alpha value is -1.89. The van der Waals surface area contributed by atoms with Crippen molar-refractivity contribution in [3.8, 4) is 0 Å². The molecular formula is C8H13N5O2. The fourth-order valence-electron chi connectivity index (χ4n) is 1.22.